The van der Waals surface area contributed by atoms with Gasteiger partial charge in [0.15, 0.2) is 0 Å². The number of anilines is 2. The van der Waals surface area contributed by atoms with Crippen LogP contribution in [0.3, 0.4) is 0 Å². The van der Waals surface area contributed by atoms with E-state index in [0.717, 1.165) is 6.42 Å². The predicted octanol–water partition coefficient (Wildman–Crippen LogP) is 3.61. The van der Waals surface area contributed by atoms with E-state index in [1.165, 1.54) is 22.5 Å². The first-order chi connectivity index (χ1) is 9.56. The molecule has 0 amide bonds. The molecule has 2 aromatic rings. The summed E-state index contributed by atoms with van der Waals surface area (Å²) in [6, 6.07) is 17.3. The Hall–Kier alpha value is -1.96. The minimum atomic E-state index is 0.961. The Morgan fingerprint density at radius 3 is 2.05 bits per heavy atom. The van der Waals surface area contributed by atoms with Gasteiger partial charge in [0.1, 0.15) is 0 Å². The fourth-order valence-corrected chi connectivity index (χ4v) is 2.11. The molecule has 0 spiro atoms. The average molecular weight is 267 g/mol. The van der Waals surface area contributed by atoms with Gasteiger partial charge in [0, 0.05) is 39.6 Å². The smallest absolute Gasteiger partial charge is 0.0363 e. The molecule has 2 rings (SSSR count). The van der Waals surface area contributed by atoms with Crippen LogP contribution in [-0.2, 0) is 6.42 Å². The maximum absolute atomic E-state index is 2.27. The first kappa shape index (κ1) is 14.4. The minimum Gasteiger partial charge on any atom is -0.378 e. The minimum absolute atomic E-state index is 0.961. The number of benzene rings is 2. The van der Waals surface area contributed by atoms with E-state index in [0.29, 0.717) is 0 Å². The first-order valence-corrected chi connectivity index (χ1v) is 6.93. The number of hydrogen-bond acceptors (Lipinski definition) is 2. The van der Waals surface area contributed by atoms with E-state index < -0.39 is 0 Å². The van der Waals surface area contributed by atoms with Crippen LogP contribution in [0.1, 0.15) is 11.1 Å². The van der Waals surface area contributed by atoms with E-state index in [-0.39, 0.29) is 0 Å². The Kier molecular flexibility index (Phi) is 4.67. The molecule has 0 aromatic heterocycles. The van der Waals surface area contributed by atoms with Crippen LogP contribution in [0.5, 0.6) is 0 Å². The highest BCUT2D eigenvalue weighted by atomic mass is 15.1. The summed E-state index contributed by atoms with van der Waals surface area (Å²) >= 11 is 0. The lowest BCUT2D eigenvalue weighted by atomic mass is 10.0. The van der Waals surface area contributed by atoms with Gasteiger partial charge in [-0.2, -0.15) is 0 Å². The highest BCUT2D eigenvalue weighted by Crippen LogP contribution is 2.18. The molecule has 2 heteroatoms. The van der Waals surface area contributed by atoms with Crippen LogP contribution < -0.4 is 9.80 Å². The van der Waals surface area contributed by atoms with Crippen molar-refractivity contribution in [3.05, 3.63) is 66.1 Å². The van der Waals surface area contributed by atoms with Gasteiger partial charge in [0.05, 0.1) is 0 Å². The second kappa shape index (κ2) is 6.47. The van der Waals surface area contributed by atoms with Crippen LogP contribution in [0.4, 0.5) is 11.4 Å². The third-order valence-electron chi connectivity index (χ3n) is 3.41. The van der Waals surface area contributed by atoms with Crippen molar-refractivity contribution in [1.29, 1.82) is 0 Å². The zero-order chi connectivity index (χ0) is 14.5. The molecule has 0 aliphatic carbocycles. The molecule has 0 N–H and O–H groups in total. The third kappa shape index (κ3) is 3.77. The molecule has 2 nitrogen and oxygen atoms in total. The van der Waals surface area contributed by atoms with Crippen LogP contribution in [0.25, 0.3) is 0 Å². The summed E-state index contributed by atoms with van der Waals surface area (Å²) in [7, 11) is 8.27. The maximum atomic E-state index is 2.27. The lowest BCUT2D eigenvalue weighted by Crippen LogP contribution is -2.08. The molecular weight excluding hydrogens is 244 g/mol. The maximum Gasteiger partial charge on any atom is 0.0363 e. The zero-order valence-electron chi connectivity index (χ0n) is 12.8. The van der Waals surface area contributed by atoms with E-state index in [9.17, 15) is 0 Å². The van der Waals surface area contributed by atoms with E-state index in [2.05, 4.69) is 92.9 Å². The molecule has 0 heterocycles. The van der Waals surface area contributed by atoms with Gasteiger partial charge in [-0.3, -0.25) is 0 Å². The van der Waals surface area contributed by atoms with Gasteiger partial charge in [0.2, 0.25) is 0 Å². The Morgan fingerprint density at radius 2 is 1.45 bits per heavy atom. The van der Waals surface area contributed by atoms with Gasteiger partial charge in [-0.1, -0.05) is 24.3 Å². The third-order valence-corrected chi connectivity index (χ3v) is 3.41. The van der Waals surface area contributed by atoms with E-state index in [1.54, 1.807) is 0 Å². The predicted molar refractivity (Wildman–Crippen MR) is 88.6 cm³/mol. The highest BCUT2D eigenvalue weighted by molar-refractivity contribution is 5.49. The van der Waals surface area contributed by atoms with Crippen molar-refractivity contribution in [3.8, 4) is 0 Å². The van der Waals surface area contributed by atoms with E-state index >= 15 is 0 Å². The number of hydrogen-bond donors (Lipinski definition) is 0. The van der Waals surface area contributed by atoms with Crippen molar-refractivity contribution in [2.24, 2.45) is 0 Å². The number of rotatable bonds is 5. The summed E-state index contributed by atoms with van der Waals surface area (Å²) in [6.45, 7) is 0. The standard InChI is InChI=1S/C18H23N2/c1-19(2)17-12-10-15(11-13-17)8-9-16-6-5-7-18(14-16)20(3)4/h5-8,10-14H,9H2,1-4H3. The van der Waals surface area contributed by atoms with Crippen molar-refractivity contribution in [2.45, 2.75) is 6.42 Å². The zero-order valence-corrected chi connectivity index (χ0v) is 12.8. The molecule has 0 atom stereocenters. The molecule has 0 aliphatic rings. The summed E-state index contributed by atoms with van der Waals surface area (Å²) in [5.74, 6) is 0. The fourth-order valence-electron chi connectivity index (χ4n) is 2.11. The lowest BCUT2D eigenvalue weighted by Gasteiger charge is -2.14. The topological polar surface area (TPSA) is 6.48 Å². The molecule has 105 valence electrons. The van der Waals surface area contributed by atoms with Gasteiger partial charge in [-0.15, -0.1) is 0 Å². The molecule has 0 aliphatic heterocycles. The molecule has 20 heavy (non-hydrogen) atoms. The fraction of sp³-hybridized carbons (Fsp3) is 0.278. The van der Waals surface area contributed by atoms with Gasteiger partial charge in [-0.25, -0.2) is 0 Å². The van der Waals surface area contributed by atoms with Crippen LogP contribution in [0.15, 0.2) is 48.5 Å². The SMILES string of the molecule is CN(C)c1ccc([CH]Cc2cccc(N(C)C)c2)cc1. The monoisotopic (exact) mass is 267 g/mol. The second-order valence-corrected chi connectivity index (χ2v) is 5.46. The van der Waals surface area contributed by atoms with Gasteiger partial charge in [0.25, 0.3) is 0 Å². The van der Waals surface area contributed by atoms with Gasteiger partial charge in [-0.05, 0) is 48.2 Å². The van der Waals surface area contributed by atoms with Crippen molar-refractivity contribution >= 4 is 11.4 Å². The van der Waals surface area contributed by atoms with Crippen molar-refractivity contribution in [1.82, 2.24) is 0 Å². The summed E-state index contributed by atoms with van der Waals surface area (Å²) in [4.78, 5) is 4.25. The van der Waals surface area contributed by atoms with Crippen LogP contribution in [0.2, 0.25) is 0 Å². The molecule has 0 saturated heterocycles. The van der Waals surface area contributed by atoms with E-state index in [4.69, 9.17) is 0 Å². The Balaban J connectivity index is 1.99. The quantitative estimate of drug-likeness (QED) is 0.816. The van der Waals surface area contributed by atoms with Crippen LogP contribution >= 0.6 is 0 Å². The highest BCUT2D eigenvalue weighted by Gasteiger charge is 2.00. The molecule has 0 saturated carbocycles. The van der Waals surface area contributed by atoms with E-state index in [1.807, 2.05) is 0 Å². The molecule has 2 aromatic carbocycles. The van der Waals surface area contributed by atoms with Gasteiger partial charge >= 0.3 is 0 Å². The summed E-state index contributed by atoms with van der Waals surface area (Å²) in [5.41, 5.74) is 5.09. The second-order valence-electron chi connectivity index (χ2n) is 5.46. The summed E-state index contributed by atoms with van der Waals surface area (Å²) in [5, 5.41) is 0. The molecule has 0 bridgehead atoms. The Bertz CT molecular complexity index is 542. The summed E-state index contributed by atoms with van der Waals surface area (Å²) in [6.07, 6.45) is 3.23. The Morgan fingerprint density at radius 1 is 0.800 bits per heavy atom. The van der Waals surface area contributed by atoms with Gasteiger partial charge < -0.3 is 9.80 Å². The molecule has 0 fully saturated rings. The van der Waals surface area contributed by atoms with Crippen molar-refractivity contribution < 1.29 is 0 Å². The first-order valence-electron chi connectivity index (χ1n) is 6.93. The average Bonchev–Trinajstić information content (AvgIpc) is 2.46. The molecule has 0 unspecified atom stereocenters. The largest absolute Gasteiger partial charge is 0.378 e. The number of nitrogens with zero attached hydrogens (tertiary/aromatic N) is 2. The van der Waals surface area contributed by atoms with Crippen molar-refractivity contribution in [2.75, 3.05) is 38.0 Å². The molecule has 1 radical (unpaired) electrons. The van der Waals surface area contributed by atoms with Crippen LogP contribution in [-0.4, -0.2) is 28.2 Å². The molecular formula is C18H23N2. The lowest BCUT2D eigenvalue weighted by molar-refractivity contribution is 1.10. The Labute approximate surface area is 122 Å². The normalized spacial score (nSPS) is 10.4. The van der Waals surface area contributed by atoms with Crippen molar-refractivity contribution in [3.63, 3.8) is 0 Å². The van der Waals surface area contributed by atoms with Crippen LogP contribution in [0, 0.1) is 6.42 Å². The summed E-state index contributed by atoms with van der Waals surface area (Å²) < 4.78 is 0.